The lowest BCUT2D eigenvalue weighted by Gasteiger charge is -2.37. The molecule has 1 saturated heterocycles. The van der Waals surface area contributed by atoms with E-state index in [1.807, 2.05) is 32.0 Å². The molecule has 0 N–H and O–H groups in total. The number of hydrogen-bond acceptors (Lipinski definition) is 5. The lowest BCUT2D eigenvalue weighted by molar-refractivity contribution is 0.105. The molecule has 32 heavy (non-hydrogen) atoms. The van der Waals surface area contributed by atoms with Crippen molar-refractivity contribution in [1.29, 1.82) is 5.26 Å². The minimum absolute atomic E-state index is 0.00549. The Morgan fingerprint density at radius 2 is 1.88 bits per heavy atom. The molecule has 2 aromatic rings. The van der Waals surface area contributed by atoms with Crippen molar-refractivity contribution in [2.75, 3.05) is 31.2 Å². The van der Waals surface area contributed by atoms with E-state index in [1.165, 1.54) is 0 Å². The Balaban J connectivity index is 1.67. The van der Waals surface area contributed by atoms with Crippen molar-refractivity contribution < 1.29 is 14.3 Å². The van der Waals surface area contributed by atoms with Crippen molar-refractivity contribution in [3.63, 3.8) is 0 Å². The van der Waals surface area contributed by atoms with Gasteiger partial charge in [-0.3, -0.25) is 4.79 Å². The van der Waals surface area contributed by atoms with E-state index in [0.29, 0.717) is 25.2 Å². The Hall–Kier alpha value is -3.10. The number of Topliss-reactive ketones (excluding diaryl/α,β-unsaturated/α-hetero) is 1. The van der Waals surface area contributed by atoms with Gasteiger partial charge < -0.3 is 14.4 Å². The Morgan fingerprint density at radius 3 is 2.56 bits per heavy atom. The lowest BCUT2D eigenvalue weighted by atomic mass is 9.68. The summed E-state index contributed by atoms with van der Waals surface area (Å²) >= 11 is 0. The van der Waals surface area contributed by atoms with Gasteiger partial charge in [-0.25, -0.2) is 0 Å². The Bertz CT molecular complexity index is 1190. The molecule has 0 spiro atoms. The molecule has 1 aliphatic heterocycles. The van der Waals surface area contributed by atoms with E-state index in [2.05, 4.69) is 30.9 Å². The van der Waals surface area contributed by atoms with E-state index in [1.54, 1.807) is 6.07 Å². The first kappa shape index (κ1) is 20.8. The number of ketones is 1. The van der Waals surface area contributed by atoms with Crippen LogP contribution in [-0.4, -0.2) is 38.2 Å². The van der Waals surface area contributed by atoms with Crippen molar-refractivity contribution >= 4 is 17.0 Å². The van der Waals surface area contributed by atoms with Gasteiger partial charge in [0.25, 0.3) is 0 Å². The van der Waals surface area contributed by atoms with Gasteiger partial charge in [0, 0.05) is 29.6 Å². The quantitative estimate of drug-likeness (QED) is 0.711. The average molecular weight is 429 g/mol. The molecule has 1 heterocycles. The van der Waals surface area contributed by atoms with Crippen LogP contribution in [0.5, 0.6) is 5.75 Å². The number of carbonyl (C=O) groups excluding carboxylic acids is 1. The highest BCUT2D eigenvalue weighted by molar-refractivity contribution is 6.33. The number of fused-ring (bicyclic) bond motifs is 3. The number of nitriles is 1. The second-order valence-corrected chi connectivity index (χ2v) is 9.60. The normalized spacial score (nSPS) is 18.9. The smallest absolute Gasteiger partial charge is 0.194 e. The summed E-state index contributed by atoms with van der Waals surface area (Å²) in [6.07, 6.45) is 0.709. The van der Waals surface area contributed by atoms with Crippen LogP contribution in [0.25, 0.3) is 5.57 Å². The molecular formula is C27H28N2O3. The minimum Gasteiger partial charge on any atom is -0.489 e. The van der Waals surface area contributed by atoms with Gasteiger partial charge >= 0.3 is 0 Å². The molecule has 0 atom stereocenters. The molecular weight excluding hydrogens is 400 g/mol. The summed E-state index contributed by atoms with van der Waals surface area (Å²) in [5.41, 5.74) is 7.11. The van der Waals surface area contributed by atoms with Gasteiger partial charge in [-0.1, -0.05) is 19.9 Å². The van der Waals surface area contributed by atoms with Gasteiger partial charge in [0.15, 0.2) is 5.78 Å². The van der Waals surface area contributed by atoms with Gasteiger partial charge in [0.1, 0.15) is 5.75 Å². The van der Waals surface area contributed by atoms with Gasteiger partial charge in [0.2, 0.25) is 0 Å². The summed E-state index contributed by atoms with van der Waals surface area (Å²) in [5.74, 6) is 0.812. The van der Waals surface area contributed by atoms with Crippen LogP contribution in [0.2, 0.25) is 0 Å². The van der Waals surface area contributed by atoms with Crippen LogP contribution in [0.4, 0.5) is 5.69 Å². The molecule has 3 aliphatic rings. The van der Waals surface area contributed by atoms with E-state index < -0.39 is 0 Å². The van der Waals surface area contributed by atoms with Gasteiger partial charge in [-0.2, -0.15) is 5.26 Å². The number of anilines is 1. The second-order valence-electron chi connectivity index (χ2n) is 9.60. The van der Waals surface area contributed by atoms with Crippen LogP contribution in [-0.2, 0) is 16.6 Å². The monoisotopic (exact) mass is 428 g/mol. The minimum atomic E-state index is -0.304. The largest absolute Gasteiger partial charge is 0.489 e. The SMILES string of the molecule is CC(C)Oc1cc2c(cc1N1CCOCC1)C(C)(C)C1=C(C2=O)c2ccc(C#N)cc2C1. The average Bonchev–Trinajstić information content (AvgIpc) is 3.17. The number of rotatable bonds is 3. The van der Waals surface area contributed by atoms with Crippen LogP contribution in [0.1, 0.15) is 60.3 Å². The molecule has 5 heteroatoms. The highest BCUT2D eigenvalue weighted by Crippen LogP contribution is 2.52. The number of ether oxygens (including phenoxy) is 2. The first-order chi connectivity index (χ1) is 15.3. The van der Waals surface area contributed by atoms with Gasteiger partial charge in [0.05, 0.1) is 36.6 Å². The van der Waals surface area contributed by atoms with Crippen LogP contribution in [0.15, 0.2) is 35.9 Å². The van der Waals surface area contributed by atoms with Crippen molar-refractivity contribution in [3.05, 3.63) is 63.7 Å². The topological polar surface area (TPSA) is 62.6 Å². The standard InChI is InChI=1S/C27H28N2O3/c1-16(2)32-24-13-20-21(14-23(24)29-7-9-31-10-8-29)27(3,4)22-12-18-11-17(15-28)5-6-19(18)25(22)26(20)30/h5-6,11,13-14,16H,7-10,12H2,1-4H3. The maximum Gasteiger partial charge on any atom is 0.194 e. The number of benzene rings is 2. The third-order valence-corrected chi connectivity index (χ3v) is 6.89. The maximum absolute atomic E-state index is 13.8. The molecule has 164 valence electrons. The van der Waals surface area contributed by atoms with E-state index in [4.69, 9.17) is 9.47 Å². The summed E-state index contributed by atoms with van der Waals surface area (Å²) in [5, 5.41) is 9.32. The predicted octanol–water partition coefficient (Wildman–Crippen LogP) is 4.67. The number of allylic oxidation sites excluding steroid dienone is 2. The third-order valence-electron chi connectivity index (χ3n) is 6.89. The Kier molecular flexibility index (Phi) is 4.87. The number of hydrogen-bond donors (Lipinski definition) is 0. The van der Waals surface area contributed by atoms with Crippen LogP contribution in [0.3, 0.4) is 0 Å². The summed E-state index contributed by atoms with van der Waals surface area (Å²) in [4.78, 5) is 16.1. The van der Waals surface area contributed by atoms with Crippen molar-refractivity contribution in [1.82, 2.24) is 0 Å². The molecule has 0 bridgehead atoms. The van der Waals surface area contributed by atoms with E-state index in [9.17, 15) is 10.1 Å². The zero-order valence-corrected chi connectivity index (χ0v) is 19.1. The first-order valence-corrected chi connectivity index (χ1v) is 11.3. The molecule has 0 amide bonds. The van der Waals surface area contributed by atoms with Gasteiger partial charge in [-0.15, -0.1) is 0 Å². The van der Waals surface area contributed by atoms with Crippen LogP contribution < -0.4 is 9.64 Å². The zero-order chi connectivity index (χ0) is 22.6. The highest BCUT2D eigenvalue weighted by atomic mass is 16.5. The Morgan fingerprint density at radius 1 is 1.12 bits per heavy atom. The number of morpholine rings is 1. The molecule has 0 saturated carbocycles. The molecule has 1 fully saturated rings. The molecule has 2 aliphatic carbocycles. The van der Waals surface area contributed by atoms with Crippen LogP contribution >= 0.6 is 0 Å². The Labute approximate surface area is 189 Å². The van der Waals surface area contributed by atoms with E-state index >= 15 is 0 Å². The van der Waals surface area contributed by atoms with Crippen molar-refractivity contribution in [3.8, 4) is 11.8 Å². The predicted molar refractivity (Wildman–Crippen MR) is 124 cm³/mol. The third kappa shape index (κ3) is 3.13. The van der Waals surface area contributed by atoms with Gasteiger partial charge in [-0.05, 0) is 66.8 Å². The van der Waals surface area contributed by atoms with Crippen molar-refractivity contribution in [2.45, 2.75) is 45.6 Å². The summed E-state index contributed by atoms with van der Waals surface area (Å²) in [6.45, 7) is 11.4. The molecule has 0 radical (unpaired) electrons. The first-order valence-electron chi connectivity index (χ1n) is 11.3. The van der Waals surface area contributed by atoms with E-state index in [-0.39, 0.29) is 17.3 Å². The fourth-order valence-corrected chi connectivity index (χ4v) is 5.26. The summed E-state index contributed by atoms with van der Waals surface area (Å²) in [7, 11) is 0. The fourth-order valence-electron chi connectivity index (χ4n) is 5.26. The number of nitrogens with zero attached hydrogens (tertiary/aromatic N) is 2. The molecule has 5 nitrogen and oxygen atoms in total. The van der Waals surface area contributed by atoms with Crippen LogP contribution in [0, 0.1) is 11.3 Å². The lowest BCUT2D eigenvalue weighted by Crippen LogP contribution is -2.37. The number of carbonyl (C=O) groups is 1. The second kappa shape index (κ2) is 7.50. The highest BCUT2D eigenvalue weighted by Gasteiger charge is 2.43. The summed E-state index contributed by atoms with van der Waals surface area (Å²) in [6, 6.07) is 12.0. The molecule has 5 rings (SSSR count). The molecule has 0 unspecified atom stereocenters. The fraction of sp³-hybridized carbons (Fsp3) is 0.407. The van der Waals surface area contributed by atoms with Crippen molar-refractivity contribution in [2.24, 2.45) is 0 Å². The molecule has 2 aromatic carbocycles. The maximum atomic E-state index is 13.8. The zero-order valence-electron chi connectivity index (χ0n) is 19.1. The molecule has 0 aromatic heterocycles. The van der Waals surface area contributed by atoms with E-state index in [0.717, 1.165) is 57.9 Å². The summed E-state index contributed by atoms with van der Waals surface area (Å²) < 4.78 is 11.8.